The average Bonchev–Trinajstić information content (AvgIpc) is 3.80. The van der Waals surface area contributed by atoms with Gasteiger partial charge < -0.3 is 5.32 Å². The molecule has 3 nitrogen and oxygen atoms in total. The van der Waals surface area contributed by atoms with Crippen molar-refractivity contribution in [2.45, 2.75) is 36.8 Å². The van der Waals surface area contributed by atoms with Gasteiger partial charge in [0.05, 0.1) is 5.41 Å². The molecular formula is C56H41N3. The van der Waals surface area contributed by atoms with E-state index in [1.54, 1.807) is 0 Å². The van der Waals surface area contributed by atoms with Gasteiger partial charge in [-0.3, -0.25) is 0 Å². The molecule has 280 valence electrons. The van der Waals surface area contributed by atoms with Gasteiger partial charge in [-0.1, -0.05) is 182 Å². The summed E-state index contributed by atoms with van der Waals surface area (Å²) in [7, 11) is 0. The number of benzene rings is 7. The summed E-state index contributed by atoms with van der Waals surface area (Å²) < 4.78 is 0. The smallest absolute Gasteiger partial charge is 0.169 e. The first-order valence-electron chi connectivity index (χ1n) is 20.9. The highest BCUT2D eigenvalue weighted by Crippen LogP contribution is 2.65. The molecular weight excluding hydrogens is 715 g/mol. The summed E-state index contributed by atoms with van der Waals surface area (Å²) >= 11 is 0. The Morgan fingerprint density at radius 2 is 1.17 bits per heavy atom. The van der Waals surface area contributed by atoms with E-state index in [-0.39, 0.29) is 0 Å². The summed E-state index contributed by atoms with van der Waals surface area (Å²) in [4.78, 5) is 10.8. The highest BCUT2D eigenvalue weighted by molar-refractivity contribution is 6.16. The summed E-state index contributed by atoms with van der Waals surface area (Å²) in [5.41, 5.74) is 19.9. The number of nitrogens with one attached hydrogen (secondary N) is 1. The van der Waals surface area contributed by atoms with E-state index in [2.05, 4.69) is 199 Å². The maximum Gasteiger partial charge on any atom is 0.169 e. The molecule has 0 saturated heterocycles. The Labute approximate surface area is 345 Å². The second-order valence-electron chi connectivity index (χ2n) is 16.3. The van der Waals surface area contributed by atoms with Crippen molar-refractivity contribution in [3.63, 3.8) is 0 Å². The fourth-order valence-corrected chi connectivity index (χ4v) is 10.5. The Kier molecular flexibility index (Phi) is 7.78. The zero-order valence-electron chi connectivity index (χ0n) is 32.6. The van der Waals surface area contributed by atoms with Gasteiger partial charge in [0.25, 0.3) is 0 Å². The Balaban J connectivity index is 1.10. The number of aliphatic imine (C=N–C) groups is 2. The molecule has 2 unspecified atom stereocenters. The normalized spacial score (nSPS) is 18.6. The minimum atomic E-state index is -0.519. The Bertz CT molecular complexity index is 2940. The third-order valence-electron chi connectivity index (χ3n) is 13.1. The van der Waals surface area contributed by atoms with Crippen LogP contribution >= 0.6 is 0 Å². The number of fused-ring (bicyclic) bond motifs is 12. The predicted octanol–water partition coefficient (Wildman–Crippen LogP) is 12.8. The van der Waals surface area contributed by atoms with Crippen molar-refractivity contribution in [3.05, 3.63) is 244 Å². The van der Waals surface area contributed by atoms with Crippen LogP contribution in [-0.4, -0.2) is 11.7 Å². The summed E-state index contributed by atoms with van der Waals surface area (Å²) in [6.07, 6.45) is 16.2. The molecule has 1 spiro atoms. The highest BCUT2D eigenvalue weighted by Gasteiger charge is 2.54. The van der Waals surface area contributed by atoms with Gasteiger partial charge in [-0.15, -0.1) is 0 Å². The molecule has 0 fully saturated rings. The minimum Gasteiger partial charge on any atom is -0.324 e. The fourth-order valence-electron chi connectivity index (χ4n) is 10.5. The molecule has 7 aromatic rings. The number of hydrogen-bond donors (Lipinski definition) is 1. The molecule has 7 aromatic carbocycles. The van der Waals surface area contributed by atoms with Crippen molar-refractivity contribution in [1.82, 2.24) is 5.32 Å². The van der Waals surface area contributed by atoms with Crippen molar-refractivity contribution in [2.24, 2.45) is 9.98 Å². The molecule has 5 aliphatic rings. The molecule has 1 N–H and O–H groups in total. The number of aryl methyl sites for hydroxylation is 1. The molecule has 0 saturated carbocycles. The summed E-state index contributed by atoms with van der Waals surface area (Å²) in [5.74, 6) is 2.04. The van der Waals surface area contributed by atoms with E-state index >= 15 is 0 Å². The van der Waals surface area contributed by atoms with E-state index in [0.717, 1.165) is 47.6 Å². The van der Waals surface area contributed by atoms with Gasteiger partial charge >= 0.3 is 0 Å². The van der Waals surface area contributed by atoms with E-state index in [1.165, 1.54) is 72.3 Å². The van der Waals surface area contributed by atoms with E-state index in [9.17, 15) is 0 Å². The Morgan fingerprint density at radius 1 is 0.525 bits per heavy atom. The number of hydrogen-bond acceptors (Lipinski definition) is 3. The van der Waals surface area contributed by atoms with Crippen LogP contribution in [0.5, 0.6) is 0 Å². The van der Waals surface area contributed by atoms with E-state index in [4.69, 9.17) is 9.98 Å². The standard InChI is InChI=1S/C56H41N3/c1-4-16-36(17-5-1)37-28-30-40(31-29-37)54-57-53(39-20-8-3-9-21-39)58-55(59-54)42-32-33-46-50(35-42)56(48-26-14-12-24-44(48)45-25-13-15-27-49(45)56)52-43-23-11-10-22-41(43)34-47(51(46)52)38-18-6-2-7-19-38/h1-9,11-16,18-21,23-36,55H,10,17,22H2,(H,57,58,59). The van der Waals surface area contributed by atoms with Crippen LogP contribution in [0.1, 0.15) is 80.6 Å². The first-order chi connectivity index (χ1) is 29.3. The molecule has 12 rings (SSSR count). The zero-order valence-corrected chi connectivity index (χ0v) is 32.6. The van der Waals surface area contributed by atoms with Crippen LogP contribution in [0.15, 0.2) is 198 Å². The Morgan fingerprint density at radius 3 is 1.86 bits per heavy atom. The summed E-state index contributed by atoms with van der Waals surface area (Å²) in [5, 5.41) is 3.65. The van der Waals surface area contributed by atoms with Crippen molar-refractivity contribution < 1.29 is 0 Å². The first-order valence-corrected chi connectivity index (χ1v) is 20.9. The molecule has 0 aromatic heterocycles. The van der Waals surface area contributed by atoms with Crippen LogP contribution in [0.25, 0.3) is 39.5 Å². The average molecular weight is 756 g/mol. The van der Waals surface area contributed by atoms with E-state index < -0.39 is 11.6 Å². The van der Waals surface area contributed by atoms with Crippen LogP contribution in [0, 0.1) is 0 Å². The molecule has 3 heteroatoms. The monoisotopic (exact) mass is 755 g/mol. The van der Waals surface area contributed by atoms with Crippen LogP contribution in [-0.2, 0) is 11.8 Å². The fraction of sp³-hybridized carbons (Fsp3) is 0.107. The second kappa shape index (κ2) is 13.5. The van der Waals surface area contributed by atoms with Gasteiger partial charge in [-0.25, -0.2) is 9.98 Å². The van der Waals surface area contributed by atoms with Crippen molar-refractivity contribution in [3.8, 4) is 33.4 Å². The van der Waals surface area contributed by atoms with Crippen LogP contribution in [0.2, 0.25) is 0 Å². The number of nitrogens with zero attached hydrogens (tertiary/aromatic N) is 2. The zero-order chi connectivity index (χ0) is 38.9. The lowest BCUT2D eigenvalue weighted by molar-refractivity contribution is 0.742. The van der Waals surface area contributed by atoms with Crippen LogP contribution < -0.4 is 5.32 Å². The molecule has 59 heavy (non-hydrogen) atoms. The van der Waals surface area contributed by atoms with Gasteiger partial charge in [0.15, 0.2) is 6.17 Å². The molecule has 1 heterocycles. The second-order valence-corrected chi connectivity index (χ2v) is 16.3. The molecule has 1 aliphatic heterocycles. The number of allylic oxidation sites excluding steroid dienone is 5. The summed E-state index contributed by atoms with van der Waals surface area (Å²) in [6, 6.07) is 58.2. The molecule has 4 aliphatic carbocycles. The maximum absolute atomic E-state index is 5.44. The lowest BCUT2D eigenvalue weighted by Crippen LogP contribution is -2.36. The van der Waals surface area contributed by atoms with Crippen molar-refractivity contribution >= 4 is 17.7 Å². The number of rotatable bonds is 5. The van der Waals surface area contributed by atoms with Gasteiger partial charge in [0.2, 0.25) is 0 Å². The first kappa shape index (κ1) is 34.0. The molecule has 2 atom stereocenters. The SMILES string of the molecule is C1=CCC(c2ccc(C3=NC(c4ccc5c(c4)C4(c6ccccc6-c6ccccc64)c4c6c(cc(-c7ccccc7)c4-5)CCC=C6)N=C(c4ccccc4)N3)cc2)C=C1. The third kappa shape index (κ3) is 5.21. The Hall–Kier alpha value is -7.10. The van der Waals surface area contributed by atoms with Crippen LogP contribution in [0.3, 0.4) is 0 Å². The van der Waals surface area contributed by atoms with Gasteiger partial charge in [-0.2, -0.15) is 0 Å². The molecule has 0 radical (unpaired) electrons. The molecule has 0 bridgehead atoms. The maximum atomic E-state index is 5.44. The minimum absolute atomic E-state index is 0.390. The van der Waals surface area contributed by atoms with E-state index in [1.807, 2.05) is 0 Å². The summed E-state index contributed by atoms with van der Waals surface area (Å²) in [6.45, 7) is 0. The third-order valence-corrected chi connectivity index (χ3v) is 13.1. The lowest BCUT2D eigenvalue weighted by Gasteiger charge is -2.33. The topological polar surface area (TPSA) is 36.8 Å². The quantitative estimate of drug-likeness (QED) is 0.187. The number of amidine groups is 2. The van der Waals surface area contributed by atoms with Gasteiger partial charge in [0, 0.05) is 17.0 Å². The van der Waals surface area contributed by atoms with E-state index in [0.29, 0.717) is 5.92 Å². The van der Waals surface area contributed by atoms with Crippen molar-refractivity contribution in [1.29, 1.82) is 0 Å². The van der Waals surface area contributed by atoms with Gasteiger partial charge in [-0.05, 0) is 109 Å². The largest absolute Gasteiger partial charge is 0.324 e. The predicted molar refractivity (Wildman–Crippen MR) is 243 cm³/mol. The molecule has 0 amide bonds. The lowest BCUT2D eigenvalue weighted by atomic mass is 9.67. The van der Waals surface area contributed by atoms with Gasteiger partial charge in [0.1, 0.15) is 11.7 Å². The van der Waals surface area contributed by atoms with Crippen molar-refractivity contribution in [2.75, 3.05) is 0 Å². The highest BCUT2D eigenvalue weighted by atomic mass is 15.2. The van der Waals surface area contributed by atoms with Crippen LogP contribution in [0.4, 0.5) is 0 Å².